The highest BCUT2D eigenvalue weighted by atomic mass is 16.5. The minimum absolute atomic E-state index is 0.358. The Hall–Kier alpha value is -4.32. The molecule has 1 amide bonds. The summed E-state index contributed by atoms with van der Waals surface area (Å²) in [4.78, 5) is 12.7. The third-order valence-corrected chi connectivity index (χ3v) is 5.12. The summed E-state index contributed by atoms with van der Waals surface area (Å²) in [7, 11) is 3.13. The Kier molecular flexibility index (Phi) is 6.85. The van der Waals surface area contributed by atoms with Crippen molar-refractivity contribution in [3.05, 3.63) is 102 Å². The van der Waals surface area contributed by atoms with Crippen molar-refractivity contribution < 1.29 is 19.0 Å². The lowest BCUT2D eigenvalue weighted by Crippen LogP contribution is -2.18. The summed E-state index contributed by atoms with van der Waals surface area (Å²) in [5, 5.41) is 6.05. The smallest absolute Gasteiger partial charge is 0.275 e. The van der Waals surface area contributed by atoms with Gasteiger partial charge in [0.05, 0.1) is 26.0 Å². The van der Waals surface area contributed by atoms with Crippen LogP contribution >= 0.6 is 0 Å². The van der Waals surface area contributed by atoms with E-state index in [2.05, 4.69) is 10.5 Å². The maximum Gasteiger partial charge on any atom is 0.275 e. The molecule has 0 saturated heterocycles. The second kappa shape index (κ2) is 10.3. The molecular weight excluding hydrogens is 416 g/mol. The maximum absolute atomic E-state index is 12.7. The summed E-state index contributed by atoms with van der Waals surface area (Å²) in [5.74, 6) is 1.34. The third kappa shape index (κ3) is 5.30. The Balaban J connectivity index is 1.47. The van der Waals surface area contributed by atoms with E-state index in [0.717, 1.165) is 21.9 Å². The van der Waals surface area contributed by atoms with Crippen molar-refractivity contribution >= 4 is 22.9 Å². The Morgan fingerprint density at radius 1 is 0.818 bits per heavy atom. The van der Waals surface area contributed by atoms with Gasteiger partial charge >= 0.3 is 0 Å². The number of methoxy groups -OCH3 is 2. The van der Waals surface area contributed by atoms with Crippen LogP contribution in [0.4, 0.5) is 0 Å². The van der Waals surface area contributed by atoms with Gasteiger partial charge in [0, 0.05) is 0 Å². The summed E-state index contributed by atoms with van der Waals surface area (Å²) in [6.45, 7) is 0.413. The molecule has 166 valence electrons. The van der Waals surface area contributed by atoms with Crippen molar-refractivity contribution in [2.24, 2.45) is 5.10 Å². The number of hydrogen-bond donors (Lipinski definition) is 1. The Morgan fingerprint density at radius 2 is 1.52 bits per heavy atom. The van der Waals surface area contributed by atoms with Crippen molar-refractivity contribution in [2.75, 3.05) is 14.2 Å². The highest BCUT2D eigenvalue weighted by molar-refractivity contribution is 6.02. The van der Waals surface area contributed by atoms with Crippen molar-refractivity contribution in [3.63, 3.8) is 0 Å². The molecule has 6 heteroatoms. The van der Waals surface area contributed by atoms with E-state index in [9.17, 15) is 4.79 Å². The number of hydrazone groups is 1. The van der Waals surface area contributed by atoms with Gasteiger partial charge in [0.1, 0.15) is 12.4 Å². The summed E-state index contributed by atoms with van der Waals surface area (Å²) in [5.41, 5.74) is 4.79. The second-order valence-electron chi connectivity index (χ2n) is 7.28. The SMILES string of the molecule is COc1ccc(/C=N\NC(=O)c2cc3ccccc3cc2OC)cc1OCc1ccccc1. The quantitative estimate of drug-likeness (QED) is 0.302. The van der Waals surface area contributed by atoms with E-state index in [4.69, 9.17) is 14.2 Å². The first-order valence-electron chi connectivity index (χ1n) is 10.4. The molecule has 4 rings (SSSR count). The Morgan fingerprint density at radius 3 is 2.24 bits per heavy atom. The summed E-state index contributed by atoms with van der Waals surface area (Å²) in [6.07, 6.45) is 1.56. The molecule has 4 aromatic carbocycles. The maximum atomic E-state index is 12.7. The van der Waals surface area contributed by atoms with E-state index in [-0.39, 0.29) is 5.91 Å². The van der Waals surface area contributed by atoms with E-state index >= 15 is 0 Å². The molecule has 0 aliphatic heterocycles. The molecule has 0 aliphatic carbocycles. The van der Waals surface area contributed by atoms with Crippen molar-refractivity contribution in [3.8, 4) is 17.2 Å². The molecule has 0 fully saturated rings. The van der Waals surface area contributed by atoms with E-state index in [0.29, 0.717) is 29.4 Å². The zero-order valence-corrected chi connectivity index (χ0v) is 18.4. The van der Waals surface area contributed by atoms with E-state index in [1.54, 1.807) is 32.6 Å². The van der Waals surface area contributed by atoms with E-state index in [1.165, 1.54) is 0 Å². The van der Waals surface area contributed by atoms with Gasteiger partial charge in [-0.05, 0) is 52.2 Å². The molecule has 0 radical (unpaired) electrons. The zero-order valence-electron chi connectivity index (χ0n) is 18.4. The highest BCUT2D eigenvalue weighted by Crippen LogP contribution is 2.29. The van der Waals surface area contributed by atoms with E-state index < -0.39 is 0 Å². The molecule has 6 nitrogen and oxygen atoms in total. The van der Waals surface area contributed by atoms with Gasteiger partial charge in [0.25, 0.3) is 5.91 Å². The molecule has 33 heavy (non-hydrogen) atoms. The molecule has 1 N–H and O–H groups in total. The number of carbonyl (C=O) groups is 1. The van der Waals surface area contributed by atoms with Gasteiger partial charge < -0.3 is 14.2 Å². The summed E-state index contributed by atoms with van der Waals surface area (Å²) < 4.78 is 16.7. The van der Waals surface area contributed by atoms with Gasteiger partial charge in [0.2, 0.25) is 0 Å². The fourth-order valence-corrected chi connectivity index (χ4v) is 3.41. The van der Waals surface area contributed by atoms with Crippen LogP contribution in [-0.2, 0) is 6.61 Å². The number of carbonyl (C=O) groups excluding carboxylic acids is 1. The first kappa shape index (κ1) is 21.9. The minimum Gasteiger partial charge on any atom is -0.496 e. The van der Waals surface area contributed by atoms with Crippen LogP contribution in [0.2, 0.25) is 0 Å². The average Bonchev–Trinajstić information content (AvgIpc) is 2.87. The molecule has 0 spiro atoms. The predicted octanol–water partition coefficient (Wildman–Crippen LogP) is 5.20. The number of nitrogens with zero attached hydrogens (tertiary/aromatic N) is 1. The number of ether oxygens (including phenoxy) is 3. The van der Waals surface area contributed by atoms with Crippen LogP contribution < -0.4 is 19.6 Å². The second-order valence-corrected chi connectivity index (χ2v) is 7.28. The van der Waals surface area contributed by atoms with Gasteiger partial charge in [-0.25, -0.2) is 5.43 Å². The Bertz CT molecular complexity index is 1290. The fourth-order valence-electron chi connectivity index (χ4n) is 3.41. The van der Waals surface area contributed by atoms with Gasteiger partial charge in [-0.3, -0.25) is 4.79 Å². The lowest BCUT2D eigenvalue weighted by molar-refractivity contribution is 0.0952. The first-order valence-corrected chi connectivity index (χ1v) is 10.4. The molecule has 0 aliphatic rings. The topological polar surface area (TPSA) is 69.2 Å². The Labute approximate surface area is 192 Å². The van der Waals surface area contributed by atoms with Crippen LogP contribution in [0.3, 0.4) is 0 Å². The predicted molar refractivity (Wildman–Crippen MR) is 129 cm³/mol. The van der Waals surface area contributed by atoms with Crippen LogP contribution in [0.5, 0.6) is 17.2 Å². The van der Waals surface area contributed by atoms with E-state index in [1.807, 2.05) is 72.8 Å². The normalized spacial score (nSPS) is 10.8. The standard InChI is InChI=1S/C27H24N2O4/c1-31-24-13-12-20(14-26(24)33-18-19-8-4-3-5-9-19)17-28-29-27(30)23-15-21-10-6-7-11-22(21)16-25(23)32-2/h3-17H,18H2,1-2H3,(H,29,30)/b28-17-. The number of benzene rings is 4. The molecule has 0 aromatic heterocycles. The van der Waals surface area contributed by atoms with Crippen molar-refractivity contribution in [1.29, 1.82) is 0 Å². The van der Waals surface area contributed by atoms with Gasteiger partial charge in [0.15, 0.2) is 11.5 Å². The third-order valence-electron chi connectivity index (χ3n) is 5.12. The number of hydrogen-bond acceptors (Lipinski definition) is 5. The lowest BCUT2D eigenvalue weighted by atomic mass is 10.1. The van der Waals surface area contributed by atoms with Crippen LogP contribution in [0, 0.1) is 0 Å². The zero-order chi connectivity index (χ0) is 23.0. The minimum atomic E-state index is -0.358. The van der Waals surface area contributed by atoms with Crippen LogP contribution in [0.15, 0.2) is 90.0 Å². The van der Waals surface area contributed by atoms with Crippen molar-refractivity contribution in [2.45, 2.75) is 6.61 Å². The number of fused-ring (bicyclic) bond motifs is 1. The molecular formula is C27H24N2O4. The number of nitrogens with one attached hydrogen (secondary N) is 1. The highest BCUT2D eigenvalue weighted by Gasteiger charge is 2.13. The molecule has 0 atom stereocenters. The molecule has 0 heterocycles. The summed E-state index contributed by atoms with van der Waals surface area (Å²) in [6, 6.07) is 26.8. The lowest BCUT2D eigenvalue weighted by Gasteiger charge is -2.11. The first-order chi connectivity index (χ1) is 16.2. The molecule has 0 saturated carbocycles. The number of amides is 1. The number of rotatable bonds is 8. The molecule has 0 unspecified atom stereocenters. The van der Waals surface area contributed by atoms with Crippen LogP contribution in [0.25, 0.3) is 10.8 Å². The van der Waals surface area contributed by atoms with Crippen LogP contribution in [-0.4, -0.2) is 26.3 Å². The fraction of sp³-hybridized carbons (Fsp3) is 0.111. The largest absolute Gasteiger partial charge is 0.496 e. The molecule has 4 aromatic rings. The van der Waals surface area contributed by atoms with Crippen LogP contribution in [0.1, 0.15) is 21.5 Å². The van der Waals surface area contributed by atoms with Gasteiger partial charge in [-0.15, -0.1) is 0 Å². The van der Waals surface area contributed by atoms with Gasteiger partial charge in [-0.2, -0.15) is 5.10 Å². The van der Waals surface area contributed by atoms with Crippen molar-refractivity contribution in [1.82, 2.24) is 5.43 Å². The summed E-state index contributed by atoms with van der Waals surface area (Å²) >= 11 is 0. The average molecular weight is 440 g/mol. The van der Waals surface area contributed by atoms with Gasteiger partial charge in [-0.1, -0.05) is 54.6 Å². The molecule has 0 bridgehead atoms. The monoisotopic (exact) mass is 440 g/mol.